The molecule has 0 saturated heterocycles. The Hall–Kier alpha value is -3.22. The number of nitrogens with zero attached hydrogens (tertiary/aromatic N) is 2. The largest absolute Gasteiger partial charge is 0.497 e. The van der Waals surface area contributed by atoms with Crippen LogP contribution in [0.3, 0.4) is 0 Å². The predicted octanol–water partition coefficient (Wildman–Crippen LogP) is 2.76. The van der Waals surface area contributed by atoms with Gasteiger partial charge in [0, 0.05) is 23.3 Å². The average molecular weight is 313 g/mol. The second-order valence-electron chi connectivity index (χ2n) is 4.68. The van der Waals surface area contributed by atoms with Crippen molar-refractivity contribution in [3.8, 4) is 5.75 Å². The molecule has 0 atom stereocenters. The Labute approximate surface area is 132 Å². The maximum Gasteiger partial charge on any atom is 0.271 e. The molecule has 2 rings (SSSR count). The number of benzene rings is 2. The van der Waals surface area contributed by atoms with Gasteiger partial charge in [-0.1, -0.05) is 18.2 Å². The van der Waals surface area contributed by atoms with E-state index in [1.165, 1.54) is 19.2 Å². The molecule has 118 valence electrons. The molecule has 0 aromatic heterocycles. The third-order valence-corrected chi connectivity index (χ3v) is 3.13. The second-order valence-corrected chi connectivity index (χ2v) is 4.68. The highest BCUT2D eigenvalue weighted by atomic mass is 16.6. The quantitative estimate of drug-likeness (QED) is 0.521. The van der Waals surface area contributed by atoms with Gasteiger partial charge >= 0.3 is 0 Å². The monoisotopic (exact) mass is 313 g/mol. The zero-order chi connectivity index (χ0) is 16.8. The van der Waals surface area contributed by atoms with Crippen LogP contribution < -0.4 is 10.2 Å². The summed E-state index contributed by atoms with van der Waals surface area (Å²) in [5, 5.41) is 14.8. The highest BCUT2D eigenvalue weighted by Crippen LogP contribution is 2.14. The van der Waals surface area contributed by atoms with Crippen LogP contribution in [0.1, 0.15) is 22.8 Å². The molecule has 23 heavy (non-hydrogen) atoms. The molecule has 0 unspecified atom stereocenters. The fourth-order valence-electron chi connectivity index (χ4n) is 1.87. The number of nitro groups is 1. The fraction of sp³-hybridized carbons (Fsp3) is 0.125. The third kappa shape index (κ3) is 4.13. The molecule has 0 aliphatic heterocycles. The lowest BCUT2D eigenvalue weighted by Gasteiger charge is -2.05. The number of hydrogen-bond acceptors (Lipinski definition) is 5. The van der Waals surface area contributed by atoms with E-state index in [1.54, 1.807) is 43.3 Å². The number of amides is 1. The molecule has 0 spiro atoms. The van der Waals surface area contributed by atoms with Crippen LogP contribution in [0.25, 0.3) is 0 Å². The van der Waals surface area contributed by atoms with Gasteiger partial charge in [-0.3, -0.25) is 14.9 Å². The third-order valence-electron chi connectivity index (χ3n) is 3.13. The summed E-state index contributed by atoms with van der Waals surface area (Å²) in [7, 11) is 1.52. The molecule has 0 aliphatic rings. The molecule has 0 radical (unpaired) electrons. The van der Waals surface area contributed by atoms with Crippen LogP contribution in [0.15, 0.2) is 53.6 Å². The number of hydrogen-bond donors (Lipinski definition) is 1. The molecule has 7 nitrogen and oxygen atoms in total. The van der Waals surface area contributed by atoms with Crippen molar-refractivity contribution in [2.24, 2.45) is 5.10 Å². The summed E-state index contributed by atoms with van der Waals surface area (Å²) in [6.45, 7) is 1.66. The average Bonchev–Trinajstić information content (AvgIpc) is 2.59. The molecule has 0 aliphatic carbocycles. The lowest BCUT2D eigenvalue weighted by Crippen LogP contribution is -2.19. The van der Waals surface area contributed by atoms with E-state index in [0.717, 1.165) is 0 Å². The highest BCUT2D eigenvalue weighted by Gasteiger charge is 2.09. The number of ether oxygens (including phenoxy) is 1. The number of carbonyl (C=O) groups excluding carboxylic acids is 1. The van der Waals surface area contributed by atoms with E-state index in [2.05, 4.69) is 10.5 Å². The molecule has 7 heteroatoms. The summed E-state index contributed by atoms with van der Waals surface area (Å²) in [5.74, 6) is 0.172. The van der Waals surface area contributed by atoms with Gasteiger partial charge in [0.05, 0.1) is 17.7 Å². The number of methoxy groups -OCH3 is 1. The van der Waals surface area contributed by atoms with Crippen LogP contribution in [0, 0.1) is 10.1 Å². The van der Waals surface area contributed by atoms with Gasteiger partial charge in [-0.05, 0) is 25.1 Å². The van der Waals surface area contributed by atoms with Crippen molar-refractivity contribution in [3.05, 3.63) is 69.8 Å². The number of non-ortho nitro benzene ring substituents is 1. The molecular weight excluding hydrogens is 298 g/mol. The van der Waals surface area contributed by atoms with Crippen LogP contribution in [-0.4, -0.2) is 23.7 Å². The van der Waals surface area contributed by atoms with Crippen molar-refractivity contribution in [2.45, 2.75) is 6.92 Å². The first-order valence-corrected chi connectivity index (χ1v) is 6.75. The van der Waals surface area contributed by atoms with E-state index < -0.39 is 10.8 Å². The van der Waals surface area contributed by atoms with Crippen molar-refractivity contribution in [1.29, 1.82) is 0 Å². The Kier molecular flexibility index (Phi) is 5.03. The first-order chi connectivity index (χ1) is 11.0. The Morgan fingerprint density at radius 2 is 1.87 bits per heavy atom. The summed E-state index contributed by atoms with van der Waals surface area (Å²) in [4.78, 5) is 22.3. The Morgan fingerprint density at radius 1 is 1.17 bits per heavy atom. The second kappa shape index (κ2) is 7.17. The van der Waals surface area contributed by atoms with Crippen molar-refractivity contribution in [1.82, 2.24) is 5.43 Å². The zero-order valence-corrected chi connectivity index (χ0v) is 12.6. The summed E-state index contributed by atoms with van der Waals surface area (Å²) in [5.41, 5.74) is 3.82. The summed E-state index contributed by atoms with van der Waals surface area (Å²) >= 11 is 0. The van der Waals surface area contributed by atoms with Crippen molar-refractivity contribution >= 4 is 17.3 Å². The number of nitro benzene ring substituents is 1. The van der Waals surface area contributed by atoms with E-state index >= 15 is 0 Å². The molecule has 2 aromatic rings. The van der Waals surface area contributed by atoms with E-state index in [4.69, 9.17) is 4.74 Å². The fourth-order valence-corrected chi connectivity index (χ4v) is 1.87. The molecule has 2 aromatic carbocycles. The van der Waals surface area contributed by atoms with Crippen LogP contribution in [0.4, 0.5) is 5.69 Å². The van der Waals surface area contributed by atoms with E-state index in [1.807, 2.05) is 0 Å². The first kappa shape index (κ1) is 16.2. The predicted molar refractivity (Wildman–Crippen MR) is 85.8 cm³/mol. The van der Waals surface area contributed by atoms with Gasteiger partial charge in [0.15, 0.2) is 0 Å². The zero-order valence-electron chi connectivity index (χ0n) is 12.6. The van der Waals surface area contributed by atoms with Crippen LogP contribution >= 0.6 is 0 Å². The minimum Gasteiger partial charge on any atom is -0.497 e. The standard InChI is InChI=1S/C16H15N3O4/c1-11(12-5-3-7-14(9-12)19(21)22)17-18-16(20)13-6-4-8-15(10-13)23-2/h3-10H,1-2H3,(H,18,20)/b17-11-. The van der Waals surface area contributed by atoms with Gasteiger partial charge < -0.3 is 4.74 Å². The van der Waals surface area contributed by atoms with Gasteiger partial charge in [0.25, 0.3) is 11.6 Å². The lowest BCUT2D eigenvalue weighted by molar-refractivity contribution is -0.384. The van der Waals surface area contributed by atoms with Gasteiger partial charge in [0.2, 0.25) is 0 Å². The van der Waals surface area contributed by atoms with Crippen LogP contribution in [0.5, 0.6) is 5.75 Å². The number of rotatable bonds is 5. The van der Waals surface area contributed by atoms with Gasteiger partial charge in [0.1, 0.15) is 5.75 Å². The number of nitrogens with one attached hydrogen (secondary N) is 1. The molecule has 0 saturated carbocycles. The Bertz CT molecular complexity index is 771. The van der Waals surface area contributed by atoms with Gasteiger partial charge in [-0.15, -0.1) is 0 Å². The van der Waals surface area contributed by atoms with Crippen LogP contribution in [-0.2, 0) is 0 Å². The number of hydrazone groups is 1. The van der Waals surface area contributed by atoms with Gasteiger partial charge in [-0.25, -0.2) is 5.43 Å². The van der Waals surface area contributed by atoms with Gasteiger partial charge in [-0.2, -0.15) is 5.10 Å². The van der Waals surface area contributed by atoms with E-state index in [0.29, 0.717) is 22.6 Å². The summed E-state index contributed by atoms with van der Waals surface area (Å²) in [6.07, 6.45) is 0. The van der Waals surface area contributed by atoms with E-state index in [-0.39, 0.29) is 5.69 Å². The molecule has 1 N–H and O–H groups in total. The number of carbonyl (C=O) groups is 1. The van der Waals surface area contributed by atoms with Crippen molar-refractivity contribution in [3.63, 3.8) is 0 Å². The minimum absolute atomic E-state index is 0.0313. The van der Waals surface area contributed by atoms with Crippen molar-refractivity contribution < 1.29 is 14.5 Å². The topological polar surface area (TPSA) is 93.8 Å². The van der Waals surface area contributed by atoms with Crippen molar-refractivity contribution in [2.75, 3.05) is 7.11 Å². The summed E-state index contributed by atoms with van der Waals surface area (Å²) in [6, 6.07) is 12.7. The molecule has 0 heterocycles. The molecule has 1 amide bonds. The molecule has 0 bridgehead atoms. The van der Waals surface area contributed by atoms with Crippen LogP contribution in [0.2, 0.25) is 0 Å². The normalized spacial score (nSPS) is 11.0. The minimum atomic E-state index is -0.481. The highest BCUT2D eigenvalue weighted by molar-refractivity contribution is 6.01. The smallest absolute Gasteiger partial charge is 0.271 e. The Morgan fingerprint density at radius 3 is 2.57 bits per heavy atom. The Balaban J connectivity index is 2.13. The van der Waals surface area contributed by atoms with E-state index in [9.17, 15) is 14.9 Å². The first-order valence-electron chi connectivity index (χ1n) is 6.75. The SMILES string of the molecule is COc1cccc(C(=O)N/N=C(/C)c2cccc([N+](=O)[O-])c2)c1. The maximum atomic E-state index is 12.0. The molecule has 0 fully saturated rings. The maximum absolute atomic E-state index is 12.0. The lowest BCUT2D eigenvalue weighted by atomic mass is 10.1. The molecular formula is C16H15N3O4. The summed E-state index contributed by atoms with van der Waals surface area (Å²) < 4.78 is 5.06.